The maximum absolute atomic E-state index is 13.9. The first-order chi connectivity index (χ1) is 8.97. The molecule has 1 fully saturated rings. The molecule has 1 aliphatic rings. The van der Waals surface area contributed by atoms with E-state index in [2.05, 4.69) is 23.8 Å². The standard InChI is InChI=1S/C14H19FN2O2/c1-10-8-16(2)5-6-17(10)9-12-4-3-11(14(18)19)7-13(12)15/h3-4,7,10H,5-6,8-9H2,1-2H3,(H,18,19). The summed E-state index contributed by atoms with van der Waals surface area (Å²) in [5, 5.41) is 8.81. The molecule has 0 amide bonds. The molecule has 1 atom stereocenters. The Kier molecular flexibility index (Phi) is 4.17. The zero-order valence-electron chi connectivity index (χ0n) is 11.3. The van der Waals surface area contributed by atoms with Gasteiger partial charge in [0.15, 0.2) is 0 Å². The number of carboxylic acids is 1. The normalized spacial score (nSPS) is 21.5. The van der Waals surface area contributed by atoms with Gasteiger partial charge >= 0.3 is 5.97 Å². The van der Waals surface area contributed by atoms with Crippen LogP contribution in [0.3, 0.4) is 0 Å². The van der Waals surface area contributed by atoms with Crippen LogP contribution in [-0.2, 0) is 6.54 Å². The number of piperazine rings is 1. The number of carboxylic acid groups (broad SMARTS) is 1. The summed E-state index contributed by atoms with van der Waals surface area (Å²) in [5.74, 6) is -1.54. The first-order valence-corrected chi connectivity index (χ1v) is 6.41. The fraction of sp³-hybridized carbons (Fsp3) is 0.500. The van der Waals surface area contributed by atoms with E-state index in [-0.39, 0.29) is 5.56 Å². The average molecular weight is 266 g/mol. The van der Waals surface area contributed by atoms with Crippen LogP contribution in [0.2, 0.25) is 0 Å². The van der Waals surface area contributed by atoms with E-state index in [1.165, 1.54) is 6.07 Å². The second-order valence-corrected chi connectivity index (χ2v) is 5.19. The third-order valence-electron chi connectivity index (χ3n) is 3.64. The highest BCUT2D eigenvalue weighted by Gasteiger charge is 2.22. The molecule has 1 N–H and O–H groups in total. The Balaban J connectivity index is 2.09. The Labute approximate surface area is 112 Å². The van der Waals surface area contributed by atoms with Gasteiger partial charge in [-0.3, -0.25) is 4.90 Å². The number of rotatable bonds is 3. The van der Waals surface area contributed by atoms with Crippen molar-refractivity contribution in [2.45, 2.75) is 19.5 Å². The number of likely N-dealkylation sites (N-methyl/N-ethyl adjacent to an activating group) is 1. The van der Waals surface area contributed by atoms with E-state index in [1.807, 2.05) is 0 Å². The quantitative estimate of drug-likeness (QED) is 0.903. The number of aromatic carboxylic acids is 1. The van der Waals surface area contributed by atoms with Crippen molar-refractivity contribution in [1.82, 2.24) is 9.80 Å². The number of hydrogen-bond donors (Lipinski definition) is 1. The van der Waals surface area contributed by atoms with Crippen LogP contribution >= 0.6 is 0 Å². The van der Waals surface area contributed by atoms with Gasteiger partial charge in [-0.25, -0.2) is 9.18 Å². The molecule has 0 spiro atoms. The van der Waals surface area contributed by atoms with Crippen LogP contribution in [0.25, 0.3) is 0 Å². The fourth-order valence-corrected chi connectivity index (χ4v) is 2.44. The molecule has 1 aromatic rings. The van der Waals surface area contributed by atoms with Crippen molar-refractivity contribution < 1.29 is 14.3 Å². The minimum Gasteiger partial charge on any atom is -0.478 e. The van der Waals surface area contributed by atoms with Gasteiger partial charge in [0.25, 0.3) is 0 Å². The van der Waals surface area contributed by atoms with E-state index in [1.54, 1.807) is 6.07 Å². The van der Waals surface area contributed by atoms with Crippen molar-refractivity contribution in [2.75, 3.05) is 26.7 Å². The lowest BCUT2D eigenvalue weighted by atomic mass is 10.1. The average Bonchev–Trinajstić information content (AvgIpc) is 2.34. The van der Waals surface area contributed by atoms with Crippen LogP contribution in [-0.4, -0.2) is 53.6 Å². The molecule has 0 bridgehead atoms. The van der Waals surface area contributed by atoms with Crippen LogP contribution in [0.4, 0.5) is 4.39 Å². The minimum absolute atomic E-state index is 0.00678. The Bertz CT molecular complexity index is 479. The molecule has 104 valence electrons. The molecule has 1 aliphatic heterocycles. The first kappa shape index (κ1) is 14.0. The van der Waals surface area contributed by atoms with Crippen LogP contribution in [0.15, 0.2) is 18.2 Å². The van der Waals surface area contributed by atoms with Gasteiger partial charge < -0.3 is 10.0 Å². The molecule has 19 heavy (non-hydrogen) atoms. The van der Waals surface area contributed by atoms with E-state index in [4.69, 9.17) is 5.11 Å². The molecule has 1 unspecified atom stereocenters. The van der Waals surface area contributed by atoms with Gasteiger partial charge in [-0.1, -0.05) is 6.07 Å². The monoisotopic (exact) mass is 266 g/mol. The number of halogens is 1. The minimum atomic E-state index is -1.10. The maximum Gasteiger partial charge on any atom is 0.335 e. The summed E-state index contributed by atoms with van der Waals surface area (Å²) in [6.45, 7) is 5.49. The van der Waals surface area contributed by atoms with Crippen molar-refractivity contribution in [2.24, 2.45) is 0 Å². The van der Waals surface area contributed by atoms with Gasteiger partial charge in [-0.15, -0.1) is 0 Å². The smallest absolute Gasteiger partial charge is 0.335 e. The second-order valence-electron chi connectivity index (χ2n) is 5.19. The molecule has 0 radical (unpaired) electrons. The van der Waals surface area contributed by atoms with E-state index in [9.17, 15) is 9.18 Å². The first-order valence-electron chi connectivity index (χ1n) is 6.41. The highest BCUT2D eigenvalue weighted by molar-refractivity contribution is 5.87. The molecule has 1 saturated heterocycles. The maximum atomic E-state index is 13.9. The van der Waals surface area contributed by atoms with Crippen molar-refractivity contribution in [1.29, 1.82) is 0 Å². The SMILES string of the molecule is CC1CN(C)CCN1Cc1ccc(C(=O)O)cc1F. The summed E-state index contributed by atoms with van der Waals surface area (Å²) in [5.41, 5.74) is 0.550. The summed E-state index contributed by atoms with van der Waals surface area (Å²) in [6, 6.07) is 4.50. The van der Waals surface area contributed by atoms with Crippen LogP contribution < -0.4 is 0 Å². The second kappa shape index (κ2) is 5.67. The fourth-order valence-electron chi connectivity index (χ4n) is 2.44. The summed E-state index contributed by atoms with van der Waals surface area (Å²) in [6.07, 6.45) is 0. The predicted molar refractivity (Wildman–Crippen MR) is 70.7 cm³/mol. The summed E-state index contributed by atoms with van der Waals surface area (Å²) in [7, 11) is 2.08. The topological polar surface area (TPSA) is 43.8 Å². The summed E-state index contributed by atoms with van der Waals surface area (Å²) in [4.78, 5) is 15.2. The Morgan fingerprint density at radius 3 is 2.79 bits per heavy atom. The highest BCUT2D eigenvalue weighted by atomic mass is 19.1. The Morgan fingerprint density at radius 1 is 1.47 bits per heavy atom. The number of benzene rings is 1. The summed E-state index contributed by atoms with van der Waals surface area (Å²) < 4.78 is 13.9. The molecular weight excluding hydrogens is 247 g/mol. The number of carbonyl (C=O) groups is 1. The van der Waals surface area contributed by atoms with Crippen molar-refractivity contribution in [3.8, 4) is 0 Å². The summed E-state index contributed by atoms with van der Waals surface area (Å²) >= 11 is 0. The number of nitrogens with zero attached hydrogens (tertiary/aromatic N) is 2. The van der Waals surface area contributed by atoms with Gasteiger partial charge in [0.2, 0.25) is 0 Å². The van der Waals surface area contributed by atoms with E-state index < -0.39 is 11.8 Å². The van der Waals surface area contributed by atoms with Gasteiger partial charge in [0.05, 0.1) is 5.56 Å². The zero-order chi connectivity index (χ0) is 14.0. The van der Waals surface area contributed by atoms with Crippen molar-refractivity contribution in [3.63, 3.8) is 0 Å². The largest absolute Gasteiger partial charge is 0.478 e. The van der Waals surface area contributed by atoms with E-state index >= 15 is 0 Å². The molecule has 4 nitrogen and oxygen atoms in total. The van der Waals surface area contributed by atoms with E-state index in [0.29, 0.717) is 18.2 Å². The lowest BCUT2D eigenvalue weighted by molar-refractivity contribution is 0.0696. The van der Waals surface area contributed by atoms with Crippen LogP contribution in [0, 0.1) is 5.82 Å². The molecule has 2 rings (SSSR count). The predicted octanol–water partition coefficient (Wildman–Crippen LogP) is 1.66. The Hall–Kier alpha value is -1.46. The van der Waals surface area contributed by atoms with Gasteiger partial charge in [0, 0.05) is 37.8 Å². The highest BCUT2D eigenvalue weighted by Crippen LogP contribution is 2.16. The molecule has 0 aromatic heterocycles. The van der Waals surface area contributed by atoms with Gasteiger partial charge in [-0.2, -0.15) is 0 Å². The van der Waals surface area contributed by atoms with Crippen molar-refractivity contribution in [3.05, 3.63) is 35.1 Å². The zero-order valence-corrected chi connectivity index (χ0v) is 11.3. The number of hydrogen-bond acceptors (Lipinski definition) is 3. The molecule has 1 aromatic carbocycles. The van der Waals surface area contributed by atoms with Crippen LogP contribution in [0.5, 0.6) is 0 Å². The van der Waals surface area contributed by atoms with Crippen molar-refractivity contribution >= 4 is 5.97 Å². The van der Waals surface area contributed by atoms with Crippen LogP contribution in [0.1, 0.15) is 22.8 Å². The molecule has 0 saturated carbocycles. The molecule has 5 heteroatoms. The molecule has 0 aliphatic carbocycles. The Morgan fingerprint density at radius 2 is 2.21 bits per heavy atom. The van der Waals surface area contributed by atoms with Gasteiger partial charge in [-0.05, 0) is 26.1 Å². The molecule has 1 heterocycles. The molecular formula is C14H19FN2O2. The third-order valence-corrected chi connectivity index (χ3v) is 3.64. The lowest BCUT2D eigenvalue weighted by Crippen LogP contribution is -2.49. The third kappa shape index (κ3) is 3.30. The lowest BCUT2D eigenvalue weighted by Gasteiger charge is -2.38. The van der Waals surface area contributed by atoms with E-state index in [0.717, 1.165) is 25.7 Å². The van der Waals surface area contributed by atoms with Gasteiger partial charge in [0.1, 0.15) is 5.82 Å².